The van der Waals surface area contributed by atoms with Gasteiger partial charge in [0.2, 0.25) is 11.9 Å². The van der Waals surface area contributed by atoms with Crippen LogP contribution in [-0.2, 0) is 0 Å². The second kappa shape index (κ2) is 7.36. The number of ether oxygens (including phenoxy) is 1. The number of rotatable bonds is 7. The van der Waals surface area contributed by atoms with Crippen molar-refractivity contribution in [1.82, 2.24) is 15.0 Å². The fourth-order valence-electron chi connectivity index (χ4n) is 1.75. The van der Waals surface area contributed by atoms with Crippen molar-refractivity contribution in [3.8, 4) is 6.01 Å². The Morgan fingerprint density at radius 2 is 1.90 bits per heavy atom. The SMILES string of the molecule is CCOc1nc(NN)nc(NC(CO)c2ccccc2)n1. The fourth-order valence-corrected chi connectivity index (χ4v) is 1.75. The third kappa shape index (κ3) is 4.01. The van der Waals surface area contributed by atoms with E-state index in [0.29, 0.717) is 6.61 Å². The molecule has 0 bridgehead atoms. The van der Waals surface area contributed by atoms with Crippen molar-refractivity contribution in [3.05, 3.63) is 35.9 Å². The summed E-state index contributed by atoms with van der Waals surface area (Å²) in [5, 5.41) is 12.6. The van der Waals surface area contributed by atoms with Gasteiger partial charge >= 0.3 is 6.01 Å². The molecule has 0 fully saturated rings. The molecule has 1 aromatic heterocycles. The molecule has 1 atom stereocenters. The molecule has 0 radical (unpaired) electrons. The first kappa shape index (κ1) is 14.9. The number of aliphatic hydroxyl groups is 1. The van der Waals surface area contributed by atoms with Crippen LogP contribution in [0.4, 0.5) is 11.9 Å². The minimum absolute atomic E-state index is 0.106. The second-order valence-electron chi connectivity index (χ2n) is 4.13. The third-order valence-electron chi connectivity index (χ3n) is 2.71. The summed E-state index contributed by atoms with van der Waals surface area (Å²) in [5.74, 6) is 5.77. The molecule has 0 aliphatic rings. The summed E-state index contributed by atoms with van der Waals surface area (Å²) < 4.78 is 5.25. The van der Waals surface area contributed by atoms with Gasteiger partial charge in [0.15, 0.2) is 0 Å². The zero-order valence-electron chi connectivity index (χ0n) is 11.7. The van der Waals surface area contributed by atoms with Crippen LogP contribution in [0.15, 0.2) is 30.3 Å². The van der Waals surface area contributed by atoms with Crippen molar-refractivity contribution in [2.75, 3.05) is 24.0 Å². The van der Waals surface area contributed by atoms with Crippen LogP contribution in [0.3, 0.4) is 0 Å². The lowest BCUT2D eigenvalue weighted by atomic mass is 10.1. The van der Waals surface area contributed by atoms with E-state index in [9.17, 15) is 5.11 Å². The van der Waals surface area contributed by atoms with Crippen molar-refractivity contribution < 1.29 is 9.84 Å². The summed E-state index contributed by atoms with van der Waals surface area (Å²) in [6.07, 6.45) is 0. The Morgan fingerprint density at radius 1 is 1.19 bits per heavy atom. The highest BCUT2D eigenvalue weighted by molar-refractivity contribution is 5.38. The molecule has 5 N–H and O–H groups in total. The smallest absolute Gasteiger partial charge is 0.323 e. The molecular formula is C13H18N6O2. The van der Waals surface area contributed by atoms with E-state index in [-0.39, 0.29) is 30.6 Å². The number of aliphatic hydroxyl groups excluding tert-OH is 1. The summed E-state index contributed by atoms with van der Waals surface area (Å²) in [4.78, 5) is 12.2. The number of aromatic nitrogens is 3. The molecule has 21 heavy (non-hydrogen) atoms. The molecule has 1 aromatic carbocycles. The van der Waals surface area contributed by atoms with E-state index in [1.165, 1.54) is 0 Å². The lowest BCUT2D eigenvalue weighted by Gasteiger charge is -2.17. The molecule has 0 amide bonds. The van der Waals surface area contributed by atoms with Crippen LogP contribution in [0.5, 0.6) is 6.01 Å². The van der Waals surface area contributed by atoms with Gasteiger partial charge < -0.3 is 15.2 Å². The molecule has 0 spiro atoms. The first-order valence-electron chi connectivity index (χ1n) is 6.54. The van der Waals surface area contributed by atoms with Gasteiger partial charge in [0.25, 0.3) is 0 Å². The zero-order chi connectivity index (χ0) is 15.1. The van der Waals surface area contributed by atoms with Crippen LogP contribution >= 0.6 is 0 Å². The lowest BCUT2D eigenvalue weighted by molar-refractivity contribution is 0.275. The number of nitrogens with two attached hydrogens (primary N) is 1. The second-order valence-corrected chi connectivity index (χ2v) is 4.13. The molecule has 0 saturated heterocycles. The summed E-state index contributed by atoms with van der Waals surface area (Å²) in [6, 6.07) is 9.32. The molecule has 1 unspecified atom stereocenters. The number of nitrogens with zero attached hydrogens (tertiary/aromatic N) is 3. The largest absolute Gasteiger partial charge is 0.464 e. The molecule has 0 aliphatic heterocycles. The van der Waals surface area contributed by atoms with Gasteiger partial charge in [0, 0.05) is 0 Å². The van der Waals surface area contributed by atoms with Crippen LogP contribution in [-0.4, -0.2) is 33.3 Å². The van der Waals surface area contributed by atoms with Crippen LogP contribution in [0.25, 0.3) is 0 Å². The Balaban J connectivity index is 2.22. The first-order chi connectivity index (χ1) is 10.3. The van der Waals surface area contributed by atoms with Crippen molar-refractivity contribution in [3.63, 3.8) is 0 Å². The Bertz CT molecular complexity index is 566. The van der Waals surface area contributed by atoms with Crippen LogP contribution in [0, 0.1) is 0 Å². The normalized spacial score (nSPS) is 11.8. The van der Waals surface area contributed by atoms with E-state index in [1.54, 1.807) is 0 Å². The zero-order valence-corrected chi connectivity index (χ0v) is 11.7. The van der Waals surface area contributed by atoms with Gasteiger partial charge in [-0.25, -0.2) is 5.84 Å². The Hall–Kier alpha value is -2.45. The highest BCUT2D eigenvalue weighted by atomic mass is 16.5. The predicted octanol–water partition coefficient (Wildman–Crippen LogP) is 0.701. The quantitative estimate of drug-likeness (QED) is 0.435. The van der Waals surface area contributed by atoms with Crippen LogP contribution in [0.1, 0.15) is 18.5 Å². The number of hydrazine groups is 1. The van der Waals surface area contributed by atoms with E-state index in [4.69, 9.17) is 10.6 Å². The average molecular weight is 290 g/mol. The molecular weight excluding hydrogens is 272 g/mol. The van der Waals surface area contributed by atoms with E-state index in [1.807, 2.05) is 37.3 Å². The fraction of sp³-hybridized carbons (Fsp3) is 0.308. The van der Waals surface area contributed by atoms with Gasteiger partial charge in [0.05, 0.1) is 19.3 Å². The highest BCUT2D eigenvalue weighted by Gasteiger charge is 2.13. The van der Waals surface area contributed by atoms with Crippen LogP contribution in [0.2, 0.25) is 0 Å². The lowest BCUT2D eigenvalue weighted by Crippen LogP contribution is -2.19. The van der Waals surface area contributed by atoms with Gasteiger partial charge in [0.1, 0.15) is 0 Å². The summed E-state index contributed by atoms with van der Waals surface area (Å²) in [6.45, 7) is 2.15. The highest BCUT2D eigenvalue weighted by Crippen LogP contribution is 2.18. The van der Waals surface area contributed by atoms with E-state index in [2.05, 4.69) is 25.7 Å². The number of hydrogen-bond donors (Lipinski definition) is 4. The van der Waals surface area contributed by atoms with Gasteiger partial charge in [-0.2, -0.15) is 15.0 Å². The number of anilines is 2. The van der Waals surface area contributed by atoms with E-state index >= 15 is 0 Å². The molecule has 0 aliphatic carbocycles. The predicted molar refractivity (Wildman–Crippen MR) is 78.7 cm³/mol. The summed E-state index contributed by atoms with van der Waals surface area (Å²) in [5.41, 5.74) is 3.27. The van der Waals surface area contributed by atoms with E-state index < -0.39 is 0 Å². The van der Waals surface area contributed by atoms with Gasteiger partial charge in [-0.15, -0.1) is 0 Å². The van der Waals surface area contributed by atoms with Crippen molar-refractivity contribution >= 4 is 11.9 Å². The minimum Gasteiger partial charge on any atom is -0.464 e. The number of nitrogens with one attached hydrogen (secondary N) is 2. The molecule has 0 saturated carbocycles. The maximum Gasteiger partial charge on any atom is 0.323 e. The molecule has 2 rings (SSSR count). The topological polar surface area (TPSA) is 118 Å². The summed E-state index contributed by atoms with van der Waals surface area (Å²) >= 11 is 0. The number of nitrogen functional groups attached to an aromatic ring is 1. The monoisotopic (exact) mass is 290 g/mol. The molecule has 8 heteroatoms. The van der Waals surface area contributed by atoms with Crippen molar-refractivity contribution in [2.45, 2.75) is 13.0 Å². The number of hydrogen-bond acceptors (Lipinski definition) is 8. The Morgan fingerprint density at radius 3 is 2.52 bits per heavy atom. The van der Waals surface area contributed by atoms with Crippen molar-refractivity contribution in [1.29, 1.82) is 0 Å². The first-order valence-corrected chi connectivity index (χ1v) is 6.54. The number of benzene rings is 1. The molecule has 8 nitrogen and oxygen atoms in total. The van der Waals surface area contributed by atoms with Gasteiger partial charge in [-0.3, -0.25) is 5.43 Å². The van der Waals surface area contributed by atoms with Crippen molar-refractivity contribution in [2.24, 2.45) is 5.84 Å². The third-order valence-corrected chi connectivity index (χ3v) is 2.71. The average Bonchev–Trinajstić information content (AvgIpc) is 2.53. The Labute approximate surface area is 122 Å². The summed E-state index contributed by atoms with van der Waals surface area (Å²) in [7, 11) is 0. The van der Waals surface area contributed by atoms with Crippen LogP contribution < -0.4 is 21.3 Å². The molecule has 1 heterocycles. The van der Waals surface area contributed by atoms with Gasteiger partial charge in [-0.1, -0.05) is 30.3 Å². The van der Waals surface area contributed by atoms with E-state index in [0.717, 1.165) is 5.56 Å². The minimum atomic E-state index is -0.339. The van der Waals surface area contributed by atoms with Gasteiger partial charge in [-0.05, 0) is 12.5 Å². The molecule has 2 aromatic rings. The Kier molecular flexibility index (Phi) is 5.24. The molecule has 112 valence electrons. The standard InChI is InChI=1S/C13H18N6O2/c1-2-21-13-17-11(16-12(18-13)19-14)15-10(8-20)9-6-4-3-5-7-9/h3-7,10,20H,2,8,14H2,1H3,(H2,15,16,17,18,19). The maximum absolute atomic E-state index is 9.53. The maximum atomic E-state index is 9.53.